The highest BCUT2D eigenvalue weighted by atomic mass is 16.1. The van der Waals surface area contributed by atoms with Crippen molar-refractivity contribution in [1.29, 1.82) is 0 Å². The van der Waals surface area contributed by atoms with Crippen LogP contribution in [0.4, 0.5) is 0 Å². The fourth-order valence-electron chi connectivity index (χ4n) is 0.665. The third-order valence-electron chi connectivity index (χ3n) is 1.54. The van der Waals surface area contributed by atoms with Gasteiger partial charge in [0.05, 0.1) is 0 Å². The Balaban J connectivity index is 3.80. The topological polar surface area (TPSA) is 34.1 Å². The minimum Gasteiger partial charge on any atom is -0.300 e. The van der Waals surface area contributed by atoms with Gasteiger partial charge in [-0.1, -0.05) is 20.8 Å². The van der Waals surface area contributed by atoms with Gasteiger partial charge in [0.15, 0.2) is 0 Å². The summed E-state index contributed by atoms with van der Waals surface area (Å²) < 4.78 is 0. The molecule has 2 heteroatoms. The van der Waals surface area contributed by atoms with Crippen molar-refractivity contribution < 1.29 is 9.59 Å². The smallest absolute Gasteiger partial charge is 0.138 e. The highest BCUT2D eigenvalue weighted by molar-refractivity contribution is 5.87. The van der Waals surface area contributed by atoms with E-state index in [2.05, 4.69) is 0 Å². The Morgan fingerprint density at radius 2 is 1.55 bits per heavy atom. The van der Waals surface area contributed by atoms with E-state index in [-0.39, 0.29) is 17.0 Å². The summed E-state index contributed by atoms with van der Waals surface area (Å²) in [6.07, 6.45) is 0.773. The van der Waals surface area contributed by atoms with E-state index in [0.29, 0.717) is 12.8 Å². The van der Waals surface area contributed by atoms with Crippen molar-refractivity contribution in [1.82, 2.24) is 0 Å². The van der Waals surface area contributed by atoms with Crippen molar-refractivity contribution in [2.75, 3.05) is 0 Å². The molecule has 0 aliphatic rings. The van der Waals surface area contributed by atoms with Crippen molar-refractivity contribution in [3.05, 3.63) is 0 Å². The molecule has 0 aromatic rings. The summed E-state index contributed by atoms with van der Waals surface area (Å²) in [7, 11) is 0. The molecule has 0 heterocycles. The molecule has 2 nitrogen and oxygen atoms in total. The minimum atomic E-state index is -0.296. The maximum absolute atomic E-state index is 11.2. The summed E-state index contributed by atoms with van der Waals surface area (Å²) in [5.41, 5.74) is -0.296. The first kappa shape index (κ1) is 10.3. The van der Waals surface area contributed by atoms with E-state index in [0.717, 1.165) is 0 Å². The van der Waals surface area contributed by atoms with Crippen LogP contribution in [0.15, 0.2) is 0 Å². The highest BCUT2D eigenvalue weighted by Crippen LogP contribution is 2.17. The van der Waals surface area contributed by atoms with Gasteiger partial charge < -0.3 is 4.79 Å². The lowest BCUT2D eigenvalue weighted by Crippen LogP contribution is -2.20. The molecule has 0 aromatic heterocycles. The second-order valence-corrected chi connectivity index (χ2v) is 3.88. The molecule has 0 rings (SSSR count). The molecule has 0 bridgehead atoms. The fraction of sp³-hybridized carbons (Fsp3) is 0.778. The number of hydrogen-bond acceptors (Lipinski definition) is 2. The molecule has 0 aliphatic carbocycles. The van der Waals surface area contributed by atoms with Crippen LogP contribution in [-0.2, 0) is 9.59 Å². The van der Waals surface area contributed by atoms with Crippen molar-refractivity contribution in [3.8, 4) is 0 Å². The van der Waals surface area contributed by atoms with Crippen LogP contribution in [0.5, 0.6) is 0 Å². The Labute approximate surface area is 68.0 Å². The molecule has 0 saturated heterocycles. The Morgan fingerprint density at radius 3 is 1.82 bits per heavy atom. The van der Waals surface area contributed by atoms with Gasteiger partial charge in [-0.15, -0.1) is 0 Å². The lowest BCUT2D eigenvalue weighted by molar-refractivity contribution is -0.128. The Bertz CT molecular complexity index is 163. The molecule has 64 valence electrons. The first-order valence-electron chi connectivity index (χ1n) is 3.87. The van der Waals surface area contributed by atoms with E-state index >= 15 is 0 Å². The Kier molecular flexibility index (Phi) is 3.43. The number of ketones is 2. The largest absolute Gasteiger partial charge is 0.300 e. The normalized spacial score (nSPS) is 11.3. The fourth-order valence-corrected chi connectivity index (χ4v) is 0.665. The molecule has 0 saturated carbocycles. The molecular weight excluding hydrogens is 140 g/mol. The van der Waals surface area contributed by atoms with Gasteiger partial charge in [0, 0.05) is 18.3 Å². The second-order valence-electron chi connectivity index (χ2n) is 3.88. The average molecular weight is 156 g/mol. The Hall–Kier alpha value is -0.660. The average Bonchev–Trinajstić information content (AvgIpc) is 1.80. The van der Waals surface area contributed by atoms with E-state index in [1.165, 1.54) is 6.92 Å². The zero-order valence-corrected chi connectivity index (χ0v) is 7.73. The molecule has 0 radical (unpaired) electrons. The monoisotopic (exact) mass is 156 g/mol. The predicted molar refractivity (Wildman–Crippen MR) is 44.4 cm³/mol. The van der Waals surface area contributed by atoms with Gasteiger partial charge in [-0.3, -0.25) is 4.79 Å². The lowest BCUT2D eigenvalue weighted by Gasteiger charge is -2.15. The molecule has 0 unspecified atom stereocenters. The van der Waals surface area contributed by atoms with Crippen molar-refractivity contribution in [2.24, 2.45) is 5.41 Å². The maximum atomic E-state index is 11.2. The first-order valence-corrected chi connectivity index (χ1v) is 3.87. The zero-order valence-electron chi connectivity index (χ0n) is 7.73. The van der Waals surface area contributed by atoms with Gasteiger partial charge >= 0.3 is 0 Å². The zero-order chi connectivity index (χ0) is 9.07. The van der Waals surface area contributed by atoms with E-state index in [1.54, 1.807) is 0 Å². The van der Waals surface area contributed by atoms with Crippen LogP contribution < -0.4 is 0 Å². The summed E-state index contributed by atoms with van der Waals surface area (Å²) in [6, 6.07) is 0. The summed E-state index contributed by atoms with van der Waals surface area (Å²) in [5, 5.41) is 0. The van der Waals surface area contributed by atoms with E-state index in [4.69, 9.17) is 0 Å². The molecule has 0 amide bonds. The standard InChI is InChI=1S/C9H16O2/c1-7(10)5-6-8(11)9(2,3)4/h5-6H2,1-4H3. The predicted octanol–water partition coefficient (Wildman–Crippen LogP) is 1.97. The van der Waals surface area contributed by atoms with Crippen LogP contribution in [0.25, 0.3) is 0 Å². The molecule has 11 heavy (non-hydrogen) atoms. The minimum absolute atomic E-state index is 0.0857. The maximum Gasteiger partial charge on any atom is 0.138 e. The second kappa shape index (κ2) is 3.65. The van der Waals surface area contributed by atoms with Gasteiger partial charge in [-0.25, -0.2) is 0 Å². The molecule has 0 atom stereocenters. The number of rotatable bonds is 3. The van der Waals surface area contributed by atoms with Crippen molar-refractivity contribution >= 4 is 11.6 Å². The van der Waals surface area contributed by atoms with Crippen LogP contribution in [0.3, 0.4) is 0 Å². The lowest BCUT2D eigenvalue weighted by atomic mass is 9.88. The third kappa shape index (κ3) is 4.71. The number of carbonyl (C=O) groups is 2. The first-order chi connectivity index (χ1) is 4.84. The molecule has 0 spiro atoms. The number of Topliss-reactive ketones (excluding diaryl/α,β-unsaturated/α-hetero) is 2. The summed E-state index contributed by atoms with van der Waals surface area (Å²) >= 11 is 0. The highest BCUT2D eigenvalue weighted by Gasteiger charge is 2.20. The number of carbonyl (C=O) groups excluding carboxylic acids is 2. The molecule has 0 aromatic carbocycles. The molecule has 0 fully saturated rings. The van der Waals surface area contributed by atoms with Gasteiger partial charge in [0.1, 0.15) is 11.6 Å². The molecule has 0 aliphatic heterocycles. The number of hydrogen-bond donors (Lipinski definition) is 0. The van der Waals surface area contributed by atoms with Crippen molar-refractivity contribution in [2.45, 2.75) is 40.5 Å². The van der Waals surface area contributed by atoms with Gasteiger partial charge in [0.2, 0.25) is 0 Å². The third-order valence-corrected chi connectivity index (χ3v) is 1.54. The van der Waals surface area contributed by atoms with Crippen LogP contribution in [0.2, 0.25) is 0 Å². The summed E-state index contributed by atoms with van der Waals surface area (Å²) in [6.45, 7) is 7.12. The van der Waals surface area contributed by atoms with E-state index in [1.807, 2.05) is 20.8 Å². The van der Waals surface area contributed by atoms with Crippen molar-refractivity contribution in [3.63, 3.8) is 0 Å². The van der Waals surface area contributed by atoms with E-state index in [9.17, 15) is 9.59 Å². The molecular formula is C9H16O2. The SMILES string of the molecule is CC(=O)CCC(=O)C(C)(C)C. The Morgan fingerprint density at radius 1 is 1.09 bits per heavy atom. The van der Waals surface area contributed by atoms with Gasteiger partial charge in [-0.2, -0.15) is 0 Å². The van der Waals surface area contributed by atoms with Crippen LogP contribution >= 0.6 is 0 Å². The summed E-state index contributed by atoms with van der Waals surface area (Å²) in [5.74, 6) is 0.246. The molecule has 0 N–H and O–H groups in total. The van der Waals surface area contributed by atoms with E-state index < -0.39 is 0 Å². The quantitative estimate of drug-likeness (QED) is 0.626. The van der Waals surface area contributed by atoms with Crippen LogP contribution in [-0.4, -0.2) is 11.6 Å². The summed E-state index contributed by atoms with van der Waals surface area (Å²) in [4.78, 5) is 21.7. The van der Waals surface area contributed by atoms with Gasteiger partial charge in [0.25, 0.3) is 0 Å². The van der Waals surface area contributed by atoms with Gasteiger partial charge in [-0.05, 0) is 6.92 Å². The van der Waals surface area contributed by atoms with Crippen LogP contribution in [0.1, 0.15) is 40.5 Å². The van der Waals surface area contributed by atoms with Crippen LogP contribution in [0, 0.1) is 5.41 Å².